The summed E-state index contributed by atoms with van der Waals surface area (Å²) < 4.78 is 10.7. The molecule has 0 heterocycles. The first kappa shape index (κ1) is 17.8. The smallest absolute Gasteiger partial charge is 0.411 e. The van der Waals surface area contributed by atoms with Gasteiger partial charge in [-0.2, -0.15) is 0 Å². The highest BCUT2D eigenvalue weighted by Crippen LogP contribution is 2.44. The third-order valence-electron chi connectivity index (χ3n) is 4.95. The van der Waals surface area contributed by atoms with Crippen LogP contribution in [0.25, 0.3) is 11.1 Å². The zero-order valence-electron chi connectivity index (χ0n) is 15.3. The maximum atomic E-state index is 12.3. The van der Waals surface area contributed by atoms with Gasteiger partial charge in [0.05, 0.1) is 12.7 Å². The number of nitrogens with one attached hydrogen (secondary N) is 1. The Labute approximate surface area is 162 Å². The topological polar surface area (TPSA) is 64.6 Å². The molecule has 1 N–H and O–H groups in total. The summed E-state index contributed by atoms with van der Waals surface area (Å²) in [5, 5.41) is 2.68. The van der Waals surface area contributed by atoms with Gasteiger partial charge >= 0.3 is 6.09 Å². The number of aldehydes is 1. The van der Waals surface area contributed by atoms with Crippen LogP contribution in [0.1, 0.15) is 27.4 Å². The van der Waals surface area contributed by atoms with E-state index >= 15 is 0 Å². The number of methoxy groups -OCH3 is 1. The van der Waals surface area contributed by atoms with E-state index in [-0.39, 0.29) is 12.5 Å². The molecule has 0 fully saturated rings. The van der Waals surface area contributed by atoms with Gasteiger partial charge < -0.3 is 9.47 Å². The number of carbonyl (C=O) groups excluding carboxylic acids is 2. The van der Waals surface area contributed by atoms with Gasteiger partial charge in [-0.15, -0.1) is 0 Å². The summed E-state index contributed by atoms with van der Waals surface area (Å²) in [4.78, 5) is 23.3. The second kappa shape index (κ2) is 7.56. The van der Waals surface area contributed by atoms with Crippen molar-refractivity contribution in [2.75, 3.05) is 19.0 Å². The van der Waals surface area contributed by atoms with E-state index in [9.17, 15) is 9.59 Å². The lowest BCUT2D eigenvalue weighted by molar-refractivity contribution is 0.112. The summed E-state index contributed by atoms with van der Waals surface area (Å²) in [5.41, 5.74) is 5.60. The van der Waals surface area contributed by atoms with E-state index in [0.29, 0.717) is 23.3 Å². The number of anilines is 1. The number of amides is 1. The van der Waals surface area contributed by atoms with Gasteiger partial charge in [0, 0.05) is 17.7 Å². The number of fused-ring (bicyclic) bond motifs is 3. The fourth-order valence-electron chi connectivity index (χ4n) is 3.64. The zero-order chi connectivity index (χ0) is 19.5. The van der Waals surface area contributed by atoms with Crippen LogP contribution in [0, 0.1) is 0 Å². The Morgan fingerprint density at radius 1 is 1.00 bits per heavy atom. The third kappa shape index (κ3) is 3.22. The lowest BCUT2D eigenvalue weighted by Crippen LogP contribution is -2.18. The minimum atomic E-state index is -0.553. The van der Waals surface area contributed by atoms with Crippen molar-refractivity contribution in [2.24, 2.45) is 0 Å². The van der Waals surface area contributed by atoms with Gasteiger partial charge in [0.1, 0.15) is 12.4 Å². The molecule has 140 valence electrons. The van der Waals surface area contributed by atoms with Crippen molar-refractivity contribution in [1.29, 1.82) is 0 Å². The molecule has 1 amide bonds. The standard InChI is InChI=1S/C23H19NO4/c1-27-22-12-16(11-10-15(22)13-25)24-23(26)28-14-21-19-8-4-2-6-17(19)18-7-3-5-9-20(18)21/h2-13,21H,14H2,1H3,(H,24,26). The molecule has 0 radical (unpaired) electrons. The minimum Gasteiger partial charge on any atom is -0.496 e. The maximum Gasteiger partial charge on any atom is 0.411 e. The first-order valence-corrected chi connectivity index (χ1v) is 8.96. The average Bonchev–Trinajstić information content (AvgIpc) is 3.06. The lowest BCUT2D eigenvalue weighted by atomic mass is 9.98. The molecule has 5 nitrogen and oxygen atoms in total. The summed E-state index contributed by atoms with van der Waals surface area (Å²) in [6.07, 6.45) is 0.151. The van der Waals surface area contributed by atoms with Gasteiger partial charge in [0.15, 0.2) is 6.29 Å². The van der Waals surface area contributed by atoms with Gasteiger partial charge in [0.25, 0.3) is 0 Å². The summed E-state index contributed by atoms with van der Waals surface area (Å²) in [6.45, 7) is 0.240. The average molecular weight is 373 g/mol. The molecule has 1 aliphatic rings. The molecule has 0 atom stereocenters. The van der Waals surface area contributed by atoms with Crippen molar-refractivity contribution in [3.63, 3.8) is 0 Å². The molecule has 0 bridgehead atoms. The number of benzene rings is 3. The largest absolute Gasteiger partial charge is 0.496 e. The molecule has 0 aromatic heterocycles. The van der Waals surface area contributed by atoms with E-state index in [4.69, 9.17) is 9.47 Å². The quantitative estimate of drug-likeness (QED) is 0.648. The molecule has 0 aliphatic heterocycles. The molecule has 28 heavy (non-hydrogen) atoms. The molecule has 3 aromatic carbocycles. The van der Waals surface area contributed by atoms with Gasteiger partial charge in [-0.1, -0.05) is 48.5 Å². The Kier molecular flexibility index (Phi) is 4.81. The fourth-order valence-corrected chi connectivity index (χ4v) is 3.64. The molecule has 0 spiro atoms. The van der Waals surface area contributed by atoms with Crippen LogP contribution in [0.4, 0.5) is 10.5 Å². The van der Waals surface area contributed by atoms with E-state index in [1.165, 1.54) is 18.2 Å². The predicted octanol–water partition coefficient (Wildman–Crippen LogP) is 4.87. The van der Waals surface area contributed by atoms with Crippen LogP contribution in [-0.4, -0.2) is 26.1 Å². The van der Waals surface area contributed by atoms with Crippen LogP contribution in [-0.2, 0) is 4.74 Å². The number of carbonyl (C=O) groups is 2. The predicted molar refractivity (Wildman–Crippen MR) is 107 cm³/mol. The second-order valence-electron chi connectivity index (χ2n) is 6.53. The van der Waals surface area contributed by atoms with Gasteiger partial charge in [-0.05, 0) is 34.4 Å². The maximum absolute atomic E-state index is 12.3. The third-order valence-corrected chi connectivity index (χ3v) is 4.95. The number of hydrogen-bond acceptors (Lipinski definition) is 4. The monoisotopic (exact) mass is 373 g/mol. The summed E-state index contributed by atoms with van der Waals surface area (Å²) >= 11 is 0. The van der Waals surface area contributed by atoms with E-state index in [1.807, 2.05) is 24.3 Å². The normalized spacial score (nSPS) is 12.0. The molecule has 0 saturated carbocycles. The molecule has 4 rings (SSSR count). The van der Waals surface area contributed by atoms with Crippen LogP contribution in [0.15, 0.2) is 66.7 Å². The highest BCUT2D eigenvalue weighted by Gasteiger charge is 2.29. The highest BCUT2D eigenvalue weighted by molar-refractivity contribution is 5.87. The van der Waals surface area contributed by atoms with E-state index in [1.54, 1.807) is 18.2 Å². The first-order chi connectivity index (χ1) is 13.7. The van der Waals surface area contributed by atoms with Crippen molar-refractivity contribution >= 4 is 18.1 Å². The summed E-state index contributed by atoms with van der Waals surface area (Å²) in [7, 11) is 1.47. The van der Waals surface area contributed by atoms with Gasteiger partial charge in [-0.3, -0.25) is 10.1 Å². The molecule has 3 aromatic rings. The first-order valence-electron chi connectivity index (χ1n) is 8.96. The van der Waals surface area contributed by atoms with Crippen LogP contribution in [0.5, 0.6) is 5.75 Å². The van der Waals surface area contributed by atoms with Gasteiger partial charge in [-0.25, -0.2) is 4.79 Å². The molecule has 0 unspecified atom stereocenters. The minimum absolute atomic E-state index is 0.00475. The Bertz CT molecular complexity index is 999. The molecule has 0 saturated heterocycles. The second-order valence-corrected chi connectivity index (χ2v) is 6.53. The number of rotatable bonds is 5. The van der Waals surface area contributed by atoms with Crippen LogP contribution in [0.3, 0.4) is 0 Å². The van der Waals surface area contributed by atoms with Crippen molar-refractivity contribution in [2.45, 2.75) is 5.92 Å². The molecule has 1 aliphatic carbocycles. The highest BCUT2D eigenvalue weighted by atomic mass is 16.5. The van der Waals surface area contributed by atoms with E-state index in [2.05, 4.69) is 29.6 Å². The van der Waals surface area contributed by atoms with Gasteiger partial charge in [0.2, 0.25) is 0 Å². The van der Waals surface area contributed by atoms with Crippen molar-refractivity contribution in [3.05, 3.63) is 83.4 Å². The Morgan fingerprint density at radius 2 is 1.64 bits per heavy atom. The van der Waals surface area contributed by atoms with Crippen molar-refractivity contribution in [1.82, 2.24) is 0 Å². The van der Waals surface area contributed by atoms with E-state index in [0.717, 1.165) is 11.1 Å². The van der Waals surface area contributed by atoms with Crippen LogP contribution in [0.2, 0.25) is 0 Å². The molecule has 5 heteroatoms. The Balaban J connectivity index is 1.48. The Hall–Kier alpha value is -3.60. The number of hydrogen-bond donors (Lipinski definition) is 1. The summed E-state index contributed by atoms with van der Waals surface area (Å²) in [6, 6.07) is 21.2. The molecular formula is C23H19NO4. The number of ether oxygens (including phenoxy) is 2. The lowest BCUT2D eigenvalue weighted by Gasteiger charge is -2.15. The van der Waals surface area contributed by atoms with Crippen molar-refractivity contribution in [3.8, 4) is 16.9 Å². The zero-order valence-corrected chi connectivity index (χ0v) is 15.3. The molecular weight excluding hydrogens is 354 g/mol. The van der Waals surface area contributed by atoms with Crippen molar-refractivity contribution < 1.29 is 19.1 Å². The van der Waals surface area contributed by atoms with Crippen LogP contribution >= 0.6 is 0 Å². The van der Waals surface area contributed by atoms with E-state index < -0.39 is 6.09 Å². The Morgan fingerprint density at radius 3 is 2.25 bits per heavy atom. The summed E-state index contributed by atoms with van der Waals surface area (Å²) in [5.74, 6) is 0.400. The van der Waals surface area contributed by atoms with Crippen LogP contribution < -0.4 is 10.1 Å². The fraction of sp³-hybridized carbons (Fsp3) is 0.130. The SMILES string of the molecule is COc1cc(NC(=O)OCC2c3ccccc3-c3ccccc32)ccc1C=O.